The molecule has 3 rings (SSSR count). The highest BCUT2D eigenvalue weighted by atomic mass is 32.2. The number of piperidine rings is 1. The Balaban J connectivity index is 1.81. The highest BCUT2D eigenvalue weighted by Crippen LogP contribution is 2.32. The first-order valence-corrected chi connectivity index (χ1v) is 10.7. The minimum Gasteiger partial charge on any atom is -0.482 e. The Labute approximate surface area is 159 Å². The Morgan fingerprint density at radius 2 is 2.07 bits per heavy atom. The maximum atomic E-state index is 13.1. The fraction of sp³-hybridized carbons (Fsp3) is 0.556. The van der Waals surface area contributed by atoms with E-state index in [4.69, 9.17) is 4.74 Å². The standard InChI is InChI=1S/C18H25N3O5S/c1-3-20(4-2)18(23)13-6-5-9-21(11-13)27(24,25)14-7-8-16-15(10-14)19-17(22)12-26-16/h7-8,10,13H,3-6,9,11-12H2,1-2H3,(H,19,22)/t13-/m1/s1. The van der Waals surface area contributed by atoms with Gasteiger partial charge in [-0.3, -0.25) is 9.59 Å². The van der Waals surface area contributed by atoms with Crippen LogP contribution in [0.25, 0.3) is 0 Å². The van der Waals surface area contributed by atoms with Gasteiger partial charge in [0.05, 0.1) is 16.5 Å². The van der Waals surface area contributed by atoms with E-state index in [1.54, 1.807) is 11.0 Å². The van der Waals surface area contributed by atoms with Gasteiger partial charge < -0.3 is 15.0 Å². The van der Waals surface area contributed by atoms with Crippen LogP contribution < -0.4 is 10.1 Å². The van der Waals surface area contributed by atoms with Crippen molar-refractivity contribution < 1.29 is 22.7 Å². The lowest BCUT2D eigenvalue weighted by atomic mass is 9.98. The molecule has 8 nitrogen and oxygen atoms in total. The van der Waals surface area contributed by atoms with Crippen molar-refractivity contribution >= 4 is 27.5 Å². The van der Waals surface area contributed by atoms with Gasteiger partial charge in [-0.15, -0.1) is 0 Å². The number of sulfonamides is 1. The molecule has 1 atom stereocenters. The Morgan fingerprint density at radius 1 is 1.33 bits per heavy atom. The van der Waals surface area contributed by atoms with Gasteiger partial charge >= 0.3 is 0 Å². The van der Waals surface area contributed by atoms with E-state index in [1.807, 2.05) is 13.8 Å². The zero-order valence-corrected chi connectivity index (χ0v) is 16.4. The van der Waals surface area contributed by atoms with Gasteiger partial charge in [0.2, 0.25) is 15.9 Å². The SMILES string of the molecule is CCN(CC)C(=O)[C@@H]1CCCN(S(=O)(=O)c2ccc3c(c2)NC(=O)CO3)C1. The Bertz CT molecular complexity index is 835. The first-order chi connectivity index (χ1) is 12.9. The summed E-state index contributed by atoms with van der Waals surface area (Å²) in [6, 6.07) is 4.43. The number of amides is 2. The molecule has 1 N–H and O–H groups in total. The summed E-state index contributed by atoms with van der Waals surface area (Å²) in [5, 5.41) is 2.62. The number of rotatable bonds is 5. The lowest BCUT2D eigenvalue weighted by Crippen LogP contribution is -2.46. The summed E-state index contributed by atoms with van der Waals surface area (Å²) in [6.45, 7) is 5.54. The summed E-state index contributed by atoms with van der Waals surface area (Å²) in [6.07, 6.45) is 1.33. The van der Waals surface area contributed by atoms with E-state index in [2.05, 4.69) is 5.32 Å². The van der Waals surface area contributed by atoms with E-state index in [0.717, 1.165) is 0 Å². The van der Waals surface area contributed by atoms with E-state index in [-0.39, 0.29) is 35.8 Å². The highest BCUT2D eigenvalue weighted by Gasteiger charge is 2.35. The smallest absolute Gasteiger partial charge is 0.262 e. The zero-order valence-electron chi connectivity index (χ0n) is 15.6. The molecule has 1 aromatic rings. The molecule has 0 unspecified atom stereocenters. The zero-order chi connectivity index (χ0) is 19.6. The summed E-state index contributed by atoms with van der Waals surface area (Å²) < 4.78 is 32.8. The molecule has 0 aromatic heterocycles. The Kier molecular flexibility index (Phi) is 5.71. The van der Waals surface area contributed by atoms with Crippen molar-refractivity contribution in [1.82, 2.24) is 9.21 Å². The van der Waals surface area contributed by atoms with Gasteiger partial charge in [0.25, 0.3) is 5.91 Å². The molecule has 9 heteroatoms. The first kappa shape index (κ1) is 19.6. The van der Waals surface area contributed by atoms with Crippen molar-refractivity contribution in [1.29, 1.82) is 0 Å². The summed E-state index contributed by atoms with van der Waals surface area (Å²) in [7, 11) is -3.76. The van der Waals surface area contributed by atoms with E-state index >= 15 is 0 Å². The van der Waals surface area contributed by atoms with Gasteiger partial charge in [0.1, 0.15) is 5.75 Å². The quantitative estimate of drug-likeness (QED) is 0.810. The van der Waals surface area contributed by atoms with Crippen molar-refractivity contribution in [3.8, 4) is 5.75 Å². The second-order valence-electron chi connectivity index (χ2n) is 6.71. The molecule has 0 bridgehead atoms. The largest absolute Gasteiger partial charge is 0.482 e. The van der Waals surface area contributed by atoms with Gasteiger partial charge in [-0.05, 0) is 44.9 Å². The predicted molar refractivity (Wildman–Crippen MR) is 100.0 cm³/mol. The van der Waals surface area contributed by atoms with Gasteiger partial charge in [0, 0.05) is 26.2 Å². The lowest BCUT2D eigenvalue weighted by molar-refractivity contribution is -0.136. The van der Waals surface area contributed by atoms with Crippen LogP contribution in [-0.2, 0) is 19.6 Å². The Morgan fingerprint density at radius 3 is 2.78 bits per heavy atom. The molecule has 2 amide bonds. The molecule has 0 saturated carbocycles. The molecule has 1 fully saturated rings. The average Bonchev–Trinajstić information content (AvgIpc) is 2.68. The van der Waals surface area contributed by atoms with Crippen LogP contribution in [0, 0.1) is 5.92 Å². The number of carbonyl (C=O) groups excluding carboxylic acids is 2. The van der Waals surface area contributed by atoms with Crippen molar-refractivity contribution in [3.05, 3.63) is 18.2 Å². The van der Waals surface area contributed by atoms with Crippen LogP contribution >= 0.6 is 0 Å². The second kappa shape index (κ2) is 7.85. The molecule has 27 heavy (non-hydrogen) atoms. The maximum absolute atomic E-state index is 13.1. The number of fused-ring (bicyclic) bond motifs is 1. The number of hydrogen-bond acceptors (Lipinski definition) is 5. The number of hydrogen-bond donors (Lipinski definition) is 1. The summed E-state index contributed by atoms with van der Waals surface area (Å²) >= 11 is 0. The molecule has 0 radical (unpaired) electrons. The number of benzene rings is 1. The third-order valence-electron chi connectivity index (χ3n) is 5.03. The minimum absolute atomic E-state index is 0.00556. The van der Waals surface area contributed by atoms with Crippen LogP contribution in [0.3, 0.4) is 0 Å². The van der Waals surface area contributed by atoms with E-state index < -0.39 is 10.0 Å². The lowest BCUT2D eigenvalue weighted by Gasteiger charge is -2.34. The topological polar surface area (TPSA) is 96.0 Å². The highest BCUT2D eigenvalue weighted by molar-refractivity contribution is 7.89. The molecule has 2 aliphatic heterocycles. The van der Waals surface area contributed by atoms with Crippen molar-refractivity contribution in [2.75, 3.05) is 38.1 Å². The molecule has 148 valence electrons. The van der Waals surface area contributed by atoms with E-state index in [0.29, 0.717) is 43.9 Å². The molecule has 1 saturated heterocycles. The van der Waals surface area contributed by atoms with Crippen LogP contribution in [0.5, 0.6) is 5.75 Å². The molecule has 1 aromatic carbocycles. The second-order valence-corrected chi connectivity index (χ2v) is 8.65. The van der Waals surface area contributed by atoms with Crippen molar-refractivity contribution in [2.24, 2.45) is 5.92 Å². The Hall–Kier alpha value is -2.13. The van der Waals surface area contributed by atoms with Crippen LogP contribution in [0.4, 0.5) is 5.69 Å². The molecular weight excluding hydrogens is 370 g/mol. The van der Waals surface area contributed by atoms with Gasteiger partial charge in [-0.25, -0.2) is 8.42 Å². The number of carbonyl (C=O) groups is 2. The molecule has 0 aliphatic carbocycles. The van der Waals surface area contributed by atoms with Crippen LogP contribution in [0.1, 0.15) is 26.7 Å². The number of nitrogens with one attached hydrogen (secondary N) is 1. The van der Waals surface area contributed by atoms with Gasteiger partial charge in [-0.2, -0.15) is 4.31 Å². The van der Waals surface area contributed by atoms with Crippen molar-refractivity contribution in [3.63, 3.8) is 0 Å². The monoisotopic (exact) mass is 395 g/mol. The summed E-state index contributed by atoms with van der Waals surface area (Å²) in [5.74, 6) is -0.193. The first-order valence-electron chi connectivity index (χ1n) is 9.22. The van der Waals surface area contributed by atoms with Crippen molar-refractivity contribution in [2.45, 2.75) is 31.6 Å². The van der Waals surface area contributed by atoms with Gasteiger partial charge in [-0.1, -0.05) is 0 Å². The third-order valence-corrected chi connectivity index (χ3v) is 6.89. The normalized spacial score (nSPS) is 20.4. The molecule has 2 aliphatic rings. The molecular formula is C18H25N3O5S. The minimum atomic E-state index is -3.76. The predicted octanol–water partition coefficient (Wildman–Crippen LogP) is 1.29. The third kappa shape index (κ3) is 3.93. The number of anilines is 1. The van der Waals surface area contributed by atoms with Crippen LogP contribution in [0.2, 0.25) is 0 Å². The average molecular weight is 395 g/mol. The fourth-order valence-corrected chi connectivity index (χ4v) is 5.08. The molecule has 0 spiro atoms. The van der Waals surface area contributed by atoms with Crippen LogP contribution in [0.15, 0.2) is 23.1 Å². The molecule has 2 heterocycles. The summed E-state index contributed by atoms with van der Waals surface area (Å²) in [5.41, 5.74) is 0.347. The fourth-order valence-electron chi connectivity index (χ4n) is 3.53. The number of ether oxygens (including phenoxy) is 1. The van der Waals surface area contributed by atoms with E-state index in [1.165, 1.54) is 16.4 Å². The maximum Gasteiger partial charge on any atom is 0.262 e. The van der Waals surface area contributed by atoms with Gasteiger partial charge in [0.15, 0.2) is 6.61 Å². The summed E-state index contributed by atoms with van der Waals surface area (Å²) in [4.78, 5) is 26.0. The van der Waals surface area contributed by atoms with Crippen LogP contribution in [-0.4, -0.2) is 62.2 Å². The van der Waals surface area contributed by atoms with E-state index in [9.17, 15) is 18.0 Å². The number of nitrogens with zero attached hydrogens (tertiary/aromatic N) is 2.